The van der Waals surface area contributed by atoms with Gasteiger partial charge in [-0.05, 0) is 38.9 Å². The number of sulfonamides is 1. The van der Waals surface area contributed by atoms with E-state index in [4.69, 9.17) is 0 Å². The highest BCUT2D eigenvalue weighted by atomic mass is 32.2. The van der Waals surface area contributed by atoms with E-state index < -0.39 is 10.0 Å². The molecule has 128 valence electrons. The summed E-state index contributed by atoms with van der Waals surface area (Å²) in [5.41, 5.74) is 1.02. The maximum Gasteiger partial charge on any atom is 0.243 e. The molecule has 1 aliphatic heterocycles. The van der Waals surface area contributed by atoms with Crippen LogP contribution in [-0.2, 0) is 14.8 Å². The van der Waals surface area contributed by atoms with Crippen LogP contribution in [0.15, 0.2) is 29.2 Å². The standard InChI is InChI=1S/C16H25N3O3S/c1-13-5-7-15(8-6-13)23(21,22)19-11-3-4-14(12-19)16(20)18-10-9-17-2/h5-8,14,17H,3-4,9-12H2,1-2H3,(H,18,20). The number of hydrogen-bond acceptors (Lipinski definition) is 4. The van der Waals surface area contributed by atoms with Crippen molar-refractivity contribution in [2.24, 2.45) is 5.92 Å². The number of aryl methyl sites for hydroxylation is 1. The van der Waals surface area contributed by atoms with E-state index in [9.17, 15) is 13.2 Å². The van der Waals surface area contributed by atoms with Crippen LogP contribution >= 0.6 is 0 Å². The lowest BCUT2D eigenvalue weighted by Gasteiger charge is -2.31. The van der Waals surface area contributed by atoms with Crippen LogP contribution in [-0.4, -0.2) is 51.9 Å². The predicted octanol–water partition coefficient (Wildman–Crippen LogP) is 0.731. The number of nitrogens with one attached hydrogen (secondary N) is 2. The van der Waals surface area contributed by atoms with Crippen LogP contribution in [0.5, 0.6) is 0 Å². The van der Waals surface area contributed by atoms with Gasteiger partial charge in [-0.15, -0.1) is 0 Å². The SMILES string of the molecule is CNCCNC(=O)C1CCCN(S(=O)(=O)c2ccc(C)cc2)C1. The Bertz CT molecular complexity index is 628. The quantitative estimate of drug-likeness (QED) is 0.749. The highest BCUT2D eigenvalue weighted by Gasteiger charge is 2.33. The van der Waals surface area contributed by atoms with Gasteiger partial charge in [0.05, 0.1) is 10.8 Å². The normalized spacial score (nSPS) is 19.5. The number of piperidine rings is 1. The summed E-state index contributed by atoms with van der Waals surface area (Å²) in [6.45, 7) is 3.89. The second kappa shape index (κ2) is 7.90. The second-order valence-corrected chi connectivity index (χ2v) is 7.85. The summed E-state index contributed by atoms with van der Waals surface area (Å²) in [6.07, 6.45) is 1.43. The molecule has 23 heavy (non-hydrogen) atoms. The first kappa shape index (κ1) is 17.9. The minimum Gasteiger partial charge on any atom is -0.355 e. The maximum atomic E-state index is 12.7. The molecule has 1 atom stereocenters. The predicted molar refractivity (Wildman–Crippen MR) is 89.6 cm³/mol. The van der Waals surface area contributed by atoms with E-state index in [-0.39, 0.29) is 18.4 Å². The zero-order chi connectivity index (χ0) is 16.9. The van der Waals surface area contributed by atoms with Crippen molar-refractivity contribution in [3.05, 3.63) is 29.8 Å². The molecule has 6 nitrogen and oxygen atoms in total. The molecule has 1 aliphatic rings. The van der Waals surface area contributed by atoms with E-state index in [1.165, 1.54) is 4.31 Å². The number of nitrogens with zero attached hydrogens (tertiary/aromatic N) is 1. The monoisotopic (exact) mass is 339 g/mol. The zero-order valence-electron chi connectivity index (χ0n) is 13.7. The molecular weight excluding hydrogens is 314 g/mol. The summed E-state index contributed by atoms with van der Waals surface area (Å²) >= 11 is 0. The number of amides is 1. The third-order valence-electron chi connectivity index (χ3n) is 4.09. The molecule has 7 heteroatoms. The third kappa shape index (κ3) is 4.53. The highest BCUT2D eigenvalue weighted by Crippen LogP contribution is 2.24. The molecule has 1 amide bonds. The largest absolute Gasteiger partial charge is 0.355 e. The molecule has 1 aromatic carbocycles. The van der Waals surface area contributed by atoms with E-state index >= 15 is 0 Å². The van der Waals surface area contributed by atoms with E-state index in [0.29, 0.717) is 31.0 Å². The molecule has 1 aromatic rings. The van der Waals surface area contributed by atoms with Crippen molar-refractivity contribution in [2.45, 2.75) is 24.7 Å². The molecule has 0 bridgehead atoms. The summed E-state index contributed by atoms with van der Waals surface area (Å²) in [5.74, 6) is -0.343. The Labute approximate surface area is 138 Å². The molecule has 2 rings (SSSR count). The van der Waals surface area contributed by atoms with Gasteiger partial charge in [-0.1, -0.05) is 17.7 Å². The molecule has 0 saturated carbocycles. The summed E-state index contributed by atoms with van der Waals surface area (Å²) in [6, 6.07) is 6.83. The molecular formula is C16H25N3O3S. The third-order valence-corrected chi connectivity index (χ3v) is 5.97. The van der Waals surface area contributed by atoms with E-state index in [2.05, 4.69) is 10.6 Å². The minimum absolute atomic E-state index is 0.0657. The van der Waals surface area contributed by atoms with E-state index in [1.54, 1.807) is 24.3 Å². The molecule has 2 N–H and O–H groups in total. The van der Waals surface area contributed by atoms with Crippen molar-refractivity contribution in [1.82, 2.24) is 14.9 Å². The number of benzene rings is 1. The Hall–Kier alpha value is -1.44. The van der Waals surface area contributed by atoms with Crippen LogP contribution in [0.2, 0.25) is 0 Å². The topological polar surface area (TPSA) is 78.5 Å². The Balaban J connectivity index is 2.05. The summed E-state index contributed by atoms with van der Waals surface area (Å²) < 4.78 is 26.9. The van der Waals surface area contributed by atoms with E-state index in [1.807, 2.05) is 14.0 Å². The number of carbonyl (C=O) groups is 1. The Morgan fingerprint density at radius 1 is 1.26 bits per heavy atom. The second-order valence-electron chi connectivity index (χ2n) is 5.91. The highest BCUT2D eigenvalue weighted by molar-refractivity contribution is 7.89. The molecule has 0 radical (unpaired) electrons. The van der Waals surface area contributed by atoms with Crippen LogP contribution in [0.25, 0.3) is 0 Å². The van der Waals surface area contributed by atoms with Crippen molar-refractivity contribution < 1.29 is 13.2 Å². The smallest absolute Gasteiger partial charge is 0.243 e. The lowest BCUT2D eigenvalue weighted by molar-refractivity contribution is -0.126. The fourth-order valence-corrected chi connectivity index (χ4v) is 4.21. The van der Waals surface area contributed by atoms with Gasteiger partial charge >= 0.3 is 0 Å². The molecule has 0 aliphatic carbocycles. The number of hydrogen-bond donors (Lipinski definition) is 2. The van der Waals surface area contributed by atoms with Gasteiger partial charge in [-0.2, -0.15) is 4.31 Å². The number of likely N-dealkylation sites (N-methyl/N-ethyl adjacent to an activating group) is 1. The van der Waals surface area contributed by atoms with Crippen molar-refractivity contribution in [1.29, 1.82) is 0 Å². The molecule has 0 aromatic heterocycles. The number of rotatable bonds is 6. The van der Waals surface area contributed by atoms with Gasteiger partial charge in [0, 0.05) is 26.2 Å². The van der Waals surface area contributed by atoms with Gasteiger partial charge in [-0.25, -0.2) is 8.42 Å². The molecule has 1 unspecified atom stereocenters. The average molecular weight is 339 g/mol. The van der Waals surface area contributed by atoms with Crippen molar-refractivity contribution >= 4 is 15.9 Å². The first-order valence-electron chi connectivity index (χ1n) is 7.94. The lowest BCUT2D eigenvalue weighted by atomic mass is 9.99. The van der Waals surface area contributed by atoms with E-state index in [0.717, 1.165) is 12.0 Å². The fraction of sp³-hybridized carbons (Fsp3) is 0.562. The van der Waals surface area contributed by atoms with Gasteiger partial charge in [0.2, 0.25) is 15.9 Å². The van der Waals surface area contributed by atoms with Gasteiger partial charge in [0.1, 0.15) is 0 Å². The number of carbonyl (C=O) groups excluding carboxylic acids is 1. The molecule has 1 fully saturated rings. The van der Waals surface area contributed by atoms with Crippen LogP contribution in [0.4, 0.5) is 0 Å². The van der Waals surface area contributed by atoms with Crippen LogP contribution < -0.4 is 10.6 Å². The summed E-state index contributed by atoms with van der Waals surface area (Å²) in [4.78, 5) is 12.5. The summed E-state index contributed by atoms with van der Waals surface area (Å²) in [5, 5.41) is 5.81. The average Bonchev–Trinajstić information content (AvgIpc) is 2.55. The Morgan fingerprint density at radius 3 is 2.61 bits per heavy atom. The summed E-state index contributed by atoms with van der Waals surface area (Å²) in [7, 11) is -1.71. The Morgan fingerprint density at radius 2 is 1.96 bits per heavy atom. The molecule has 1 saturated heterocycles. The minimum atomic E-state index is -3.53. The first-order valence-corrected chi connectivity index (χ1v) is 9.38. The lowest BCUT2D eigenvalue weighted by Crippen LogP contribution is -2.46. The fourth-order valence-electron chi connectivity index (χ4n) is 2.69. The zero-order valence-corrected chi connectivity index (χ0v) is 14.5. The van der Waals surface area contributed by atoms with Gasteiger partial charge in [0.15, 0.2) is 0 Å². The van der Waals surface area contributed by atoms with Gasteiger partial charge < -0.3 is 10.6 Å². The van der Waals surface area contributed by atoms with Crippen LogP contribution in [0.1, 0.15) is 18.4 Å². The molecule has 1 heterocycles. The van der Waals surface area contributed by atoms with Crippen molar-refractivity contribution in [3.63, 3.8) is 0 Å². The van der Waals surface area contributed by atoms with Crippen molar-refractivity contribution in [2.75, 3.05) is 33.2 Å². The van der Waals surface area contributed by atoms with Crippen molar-refractivity contribution in [3.8, 4) is 0 Å². The maximum absolute atomic E-state index is 12.7. The van der Waals surface area contributed by atoms with Gasteiger partial charge in [-0.3, -0.25) is 4.79 Å². The Kier molecular flexibility index (Phi) is 6.15. The van der Waals surface area contributed by atoms with Crippen LogP contribution in [0, 0.1) is 12.8 Å². The first-order chi connectivity index (χ1) is 10.9. The van der Waals surface area contributed by atoms with Gasteiger partial charge in [0.25, 0.3) is 0 Å². The molecule has 0 spiro atoms. The van der Waals surface area contributed by atoms with Crippen LogP contribution in [0.3, 0.4) is 0 Å².